The van der Waals surface area contributed by atoms with Crippen LogP contribution >= 0.6 is 21.6 Å². The van der Waals surface area contributed by atoms with Gasteiger partial charge in [0.05, 0.1) is 0 Å². The number of rotatable bonds is 2. The van der Waals surface area contributed by atoms with Crippen LogP contribution in [0.2, 0.25) is 0 Å². The van der Waals surface area contributed by atoms with Gasteiger partial charge in [0.15, 0.2) is 0 Å². The Morgan fingerprint density at radius 2 is 2.17 bits per heavy atom. The van der Waals surface area contributed by atoms with Crippen molar-refractivity contribution in [2.75, 3.05) is 6.26 Å². The molecule has 0 radical (unpaired) electrons. The van der Waals surface area contributed by atoms with Crippen LogP contribution in [0.4, 0.5) is 0 Å². The molecule has 0 spiro atoms. The SMILES string of the molecule is CSSc1cccc2c1CCC2. The first-order chi connectivity index (χ1) is 5.92. The zero-order chi connectivity index (χ0) is 8.39. The average molecular weight is 196 g/mol. The van der Waals surface area contributed by atoms with Gasteiger partial charge in [-0.15, -0.1) is 0 Å². The van der Waals surface area contributed by atoms with E-state index in [-0.39, 0.29) is 0 Å². The highest BCUT2D eigenvalue weighted by Crippen LogP contribution is 2.36. The lowest BCUT2D eigenvalue weighted by molar-refractivity contribution is 0.906. The summed E-state index contributed by atoms with van der Waals surface area (Å²) in [7, 11) is 3.73. The molecule has 12 heavy (non-hydrogen) atoms. The Hall–Kier alpha value is -0.0800. The molecule has 0 bridgehead atoms. The van der Waals surface area contributed by atoms with Gasteiger partial charge in [-0.3, -0.25) is 0 Å². The fourth-order valence-electron chi connectivity index (χ4n) is 1.75. The second-order valence-electron chi connectivity index (χ2n) is 3.00. The predicted octanol–water partition coefficient (Wildman–Crippen LogP) is 3.55. The normalized spacial score (nSPS) is 14.8. The third-order valence-corrected chi connectivity index (χ3v) is 4.04. The summed E-state index contributed by atoms with van der Waals surface area (Å²) in [5.41, 5.74) is 3.19. The number of hydrogen-bond acceptors (Lipinski definition) is 2. The number of benzene rings is 1. The minimum atomic E-state index is 1.29. The fourth-order valence-corrected chi connectivity index (χ4v) is 3.41. The van der Waals surface area contributed by atoms with Crippen LogP contribution in [0.5, 0.6) is 0 Å². The molecule has 0 atom stereocenters. The molecule has 0 nitrogen and oxygen atoms in total. The van der Waals surface area contributed by atoms with Crippen LogP contribution in [0.3, 0.4) is 0 Å². The maximum absolute atomic E-state index is 2.27. The molecule has 1 aromatic rings. The Labute approximate surface area is 81.5 Å². The van der Waals surface area contributed by atoms with Crippen molar-refractivity contribution in [2.45, 2.75) is 24.2 Å². The Bertz CT molecular complexity index is 281. The van der Waals surface area contributed by atoms with Crippen molar-refractivity contribution in [3.8, 4) is 0 Å². The zero-order valence-electron chi connectivity index (χ0n) is 7.17. The summed E-state index contributed by atoms with van der Waals surface area (Å²) in [4.78, 5) is 1.48. The first-order valence-electron chi connectivity index (χ1n) is 4.23. The van der Waals surface area contributed by atoms with E-state index in [9.17, 15) is 0 Å². The summed E-state index contributed by atoms with van der Waals surface area (Å²) in [6, 6.07) is 6.70. The third-order valence-electron chi connectivity index (χ3n) is 2.28. The lowest BCUT2D eigenvalue weighted by atomic mass is 10.1. The van der Waals surface area contributed by atoms with Crippen LogP contribution in [0.15, 0.2) is 23.1 Å². The molecule has 0 aliphatic heterocycles. The van der Waals surface area contributed by atoms with Gasteiger partial charge >= 0.3 is 0 Å². The Morgan fingerprint density at radius 3 is 3.00 bits per heavy atom. The summed E-state index contributed by atoms with van der Waals surface area (Å²) < 4.78 is 0. The quantitative estimate of drug-likeness (QED) is 0.663. The first-order valence-corrected chi connectivity index (χ1v) is 6.79. The smallest absolute Gasteiger partial charge is 0.0217 e. The molecule has 1 aliphatic rings. The first kappa shape index (κ1) is 8.52. The van der Waals surface area contributed by atoms with E-state index in [2.05, 4.69) is 24.5 Å². The van der Waals surface area contributed by atoms with E-state index < -0.39 is 0 Å². The number of fused-ring (bicyclic) bond motifs is 1. The van der Waals surface area contributed by atoms with Crippen molar-refractivity contribution in [2.24, 2.45) is 0 Å². The maximum atomic E-state index is 2.27. The Kier molecular flexibility index (Phi) is 2.66. The second kappa shape index (κ2) is 3.75. The molecule has 1 aliphatic carbocycles. The van der Waals surface area contributed by atoms with E-state index in [1.165, 1.54) is 24.2 Å². The number of hydrogen-bond donors (Lipinski definition) is 0. The zero-order valence-corrected chi connectivity index (χ0v) is 8.80. The molecule has 0 saturated carbocycles. The molecule has 0 unspecified atom stereocenters. The molecule has 0 aromatic heterocycles. The molecular formula is C10H12S2. The summed E-state index contributed by atoms with van der Waals surface area (Å²) in [5, 5.41) is 0. The minimum absolute atomic E-state index is 1.29. The van der Waals surface area contributed by atoms with E-state index in [1.54, 1.807) is 11.1 Å². The van der Waals surface area contributed by atoms with Gasteiger partial charge in [0.1, 0.15) is 0 Å². The molecular weight excluding hydrogens is 184 g/mol. The van der Waals surface area contributed by atoms with Crippen LogP contribution in [0, 0.1) is 0 Å². The maximum Gasteiger partial charge on any atom is 0.0217 e. The standard InChI is InChI=1S/C10H12S2/c1-11-12-10-7-3-5-8-4-2-6-9(8)10/h3,5,7H,2,4,6H2,1H3. The monoisotopic (exact) mass is 196 g/mol. The van der Waals surface area contributed by atoms with Gasteiger partial charge in [0.25, 0.3) is 0 Å². The van der Waals surface area contributed by atoms with Crippen LogP contribution in [0.1, 0.15) is 17.5 Å². The molecule has 0 fully saturated rings. The molecule has 0 saturated heterocycles. The van der Waals surface area contributed by atoms with Gasteiger partial charge in [-0.1, -0.05) is 33.7 Å². The summed E-state index contributed by atoms with van der Waals surface area (Å²) in [5.74, 6) is 0. The van der Waals surface area contributed by atoms with Gasteiger partial charge in [-0.25, -0.2) is 0 Å². The Morgan fingerprint density at radius 1 is 1.25 bits per heavy atom. The van der Waals surface area contributed by atoms with E-state index in [4.69, 9.17) is 0 Å². The van der Waals surface area contributed by atoms with Crippen LogP contribution in [0.25, 0.3) is 0 Å². The van der Waals surface area contributed by atoms with Gasteiger partial charge in [-0.05, 0) is 42.7 Å². The molecule has 2 rings (SSSR count). The third kappa shape index (κ3) is 1.50. The lowest BCUT2D eigenvalue weighted by Gasteiger charge is -2.04. The van der Waals surface area contributed by atoms with Crippen molar-refractivity contribution in [1.29, 1.82) is 0 Å². The average Bonchev–Trinajstić information content (AvgIpc) is 2.53. The van der Waals surface area contributed by atoms with Crippen LogP contribution < -0.4 is 0 Å². The summed E-state index contributed by atoms with van der Waals surface area (Å²) in [6.07, 6.45) is 6.07. The topological polar surface area (TPSA) is 0 Å². The van der Waals surface area contributed by atoms with Gasteiger partial charge in [0.2, 0.25) is 0 Å². The van der Waals surface area contributed by atoms with E-state index in [0.29, 0.717) is 0 Å². The molecule has 64 valence electrons. The number of aryl methyl sites for hydroxylation is 1. The highest BCUT2D eigenvalue weighted by molar-refractivity contribution is 8.76. The van der Waals surface area contributed by atoms with Gasteiger partial charge in [-0.2, -0.15) is 0 Å². The highest BCUT2D eigenvalue weighted by Gasteiger charge is 2.13. The van der Waals surface area contributed by atoms with Crippen molar-refractivity contribution in [1.82, 2.24) is 0 Å². The van der Waals surface area contributed by atoms with E-state index >= 15 is 0 Å². The van der Waals surface area contributed by atoms with Crippen molar-refractivity contribution < 1.29 is 0 Å². The molecule has 2 heteroatoms. The molecule has 1 aromatic carbocycles. The van der Waals surface area contributed by atoms with Gasteiger partial charge in [0, 0.05) is 4.90 Å². The minimum Gasteiger partial charge on any atom is -0.0924 e. The summed E-state index contributed by atoms with van der Waals surface area (Å²) in [6.45, 7) is 0. The molecule has 0 amide bonds. The second-order valence-corrected chi connectivity index (χ2v) is 5.44. The van der Waals surface area contributed by atoms with E-state index in [0.717, 1.165) is 0 Å². The Balaban J connectivity index is 2.36. The largest absolute Gasteiger partial charge is 0.0924 e. The lowest BCUT2D eigenvalue weighted by Crippen LogP contribution is -1.83. The van der Waals surface area contributed by atoms with Crippen LogP contribution in [-0.2, 0) is 12.8 Å². The van der Waals surface area contributed by atoms with E-state index in [1.807, 2.05) is 21.6 Å². The predicted molar refractivity (Wildman–Crippen MR) is 57.8 cm³/mol. The highest BCUT2D eigenvalue weighted by atomic mass is 33.1. The fraction of sp³-hybridized carbons (Fsp3) is 0.400. The summed E-state index contributed by atoms with van der Waals surface area (Å²) >= 11 is 0. The van der Waals surface area contributed by atoms with Crippen molar-refractivity contribution in [3.05, 3.63) is 29.3 Å². The van der Waals surface area contributed by atoms with Crippen LogP contribution in [-0.4, -0.2) is 6.26 Å². The van der Waals surface area contributed by atoms with Gasteiger partial charge < -0.3 is 0 Å². The van der Waals surface area contributed by atoms with Crippen molar-refractivity contribution in [3.63, 3.8) is 0 Å². The molecule has 0 N–H and O–H groups in total. The molecule has 0 heterocycles. The van der Waals surface area contributed by atoms with Crippen molar-refractivity contribution >= 4 is 21.6 Å².